The molecule has 0 aromatic heterocycles. The molecular formula is C17H24N2O2. The Balaban J connectivity index is 1.46. The minimum Gasteiger partial charge on any atom is -0.379 e. The Morgan fingerprint density at radius 1 is 1.24 bits per heavy atom. The van der Waals surface area contributed by atoms with Crippen molar-refractivity contribution in [1.82, 2.24) is 10.2 Å². The third-order valence-corrected chi connectivity index (χ3v) is 4.45. The fourth-order valence-corrected chi connectivity index (χ4v) is 2.79. The highest BCUT2D eigenvalue weighted by Crippen LogP contribution is 2.37. The van der Waals surface area contributed by atoms with Crippen LogP contribution in [0.2, 0.25) is 0 Å². The van der Waals surface area contributed by atoms with Crippen LogP contribution in [0, 0.1) is 11.8 Å². The number of amides is 1. The number of nitrogens with zero attached hydrogens (tertiary/aromatic N) is 1. The summed E-state index contributed by atoms with van der Waals surface area (Å²) in [6.45, 7) is 7.45. The molecule has 2 atom stereocenters. The van der Waals surface area contributed by atoms with Gasteiger partial charge in [-0.1, -0.05) is 31.2 Å². The van der Waals surface area contributed by atoms with Crippen molar-refractivity contribution in [2.75, 3.05) is 26.3 Å². The molecule has 1 aromatic rings. The van der Waals surface area contributed by atoms with Crippen molar-refractivity contribution in [3.8, 4) is 0 Å². The first-order valence-electron chi connectivity index (χ1n) is 7.88. The van der Waals surface area contributed by atoms with Gasteiger partial charge in [0.25, 0.3) is 0 Å². The molecule has 1 heterocycles. The number of nitrogens with one attached hydrogen (secondary N) is 1. The van der Waals surface area contributed by atoms with Crippen LogP contribution in [0.4, 0.5) is 0 Å². The first-order chi connectivity index (χ1) is 10.2. The van der Waals surface area contributed by atoms with Crippen LogP contribution >= 0.6 is 0 Å². The predicted molar refractivity (Wildman–Crippen MR) is 81.7 cm³/mol. The van der Waals surface area contributed by atoms with Crippen LogP contribution in [0.3, 0.4) is 0 Å². The molecule has 0 bridgehead atoms. The first-order valence-corrected chi connectivity index (χ1v) is 7.88. The second-order valence-electron chi connectivity index (χ2n) is 6.24. The molecule has 0 spiro atoms. The Hall–Kier alpha value is -1.39. The van der Waals surface area contributed by atoms with E-state index >= 15 is 0 Å². The number of rotatable bonds is 5. The summed E-state index contributed by atoms with van der Waals surface area (Å²) in [4.78, 5) is 14.2. The second-order valence-corrected chi connectivity index (χ2v) is 6.24. The zero-order valence-corrected chi connectivity index (χ0v) is 12.7. The Labute approximate surface area is 126 Å². The SMILES string of the molecule is CC1CC1C(=O)NCc1ccc(CN2CCOCC2)cc1. The van der Waals surface area contributed by atoms with Gasteiger partial charge in [0, 0.05) is 32.1 Å². The van der Waals surface area contributed by atoms with Crippen molar-refractivity contribution in [3.63, 3.8) is 0 Å². The van der Waals surface area contributed by atoms with Gasteiger partial charge in [-0.15, -0.1) is 0 Å². The summed E-state index contributed by atoms with van der Waals surface area (Å²) in [5.74, 6) is 1.03. The third-order valence-electron chi connectivity index (χ3n) is 4.45. The average Bonchev–Trinajstić information content (AvgIpc) is 3.24. The van der Waals surface area contributed by atoms with Gasteiger partial charge in [-0.2, -0.15) is 0 Å². The molecule has 4 nitrogen and oxygen atoms in total. The quantitative estimate of drug-likeness (QED) is 0.898. The number of carbonyl (C=O) groups is 1. The lowest BCUT2D eigenvalue weighted by molar-refractivity contribution is -0.122. The summed E-state index contributed by atoms with van der Waals surface area (Å²) in [7, 11) is 0. The van der Waals surface area contributed by atoms with E-state index in [0.29, 0.717) is 12.5 Å². The van der Waals surface area contributed by atoms with Crippen molar-refractivity contribution in [2.24, 2.45) is 11.8 Å². The Bertz CT molecular complexity index is 480. The van der Waals surface area contributed by atoms with Crippen LogP contribution < -0.4 is 5.32 Å². The summed E-state index contributed by atoms with van der Waals surface area (Å²) in [5, 5.41) is 3.03. The minimum atomic E-state index is 0.208. The highest BCUT2D eigenvalue weighted by atomic mass is 16.5. The molecule has 0 radical (unpaired) electrons. The molecule has 3 rings (SSSR count). The van der Waals surface area contributed by atoms with Crippen molar-refractivity contribution in [3.05, 3.63) is 35.4 Å². The van der Waals surface area contributed by atoms with Crippen LogP contribution in [0.15, 0.2) is 24.3 Å². The predicted octanol–water partition coefficient (Wildman–Crippen LogP) is 1.79. The van der Waals surface area contributed by atoms with Gasteiger partial charge < -0.3 is 10.1 Å². The highest BCUT2D eigenvalue weighted by molar-refractivity contribution is 5.81. The molecule has 1 aliphatic heterocycles. The zero-order valence-electron chi connectivity index (χ0n) is 12.7. The molecule has 1 saturated carbocycles. The van der Waals surface area contributed by atoms with E-state index < -0.39 is 0 Å². The maximum Gasteiger partial charge on any atom is 0.223 e. The maximum atomic E-state index is 11.8. The van der Waals surface area contributed by atoms with Gasteiger partial charge in [0.05, 0.1) is 13.2 Å². The second kappa shape index (κ2) is 6.58. The van der Waals surface area contributed by atoms with E-state index in [9.17, 15) is 4.79 Å². The molecule has 1 amide bonds. The van der Waals surface area contributed by atoms with Crippen molar-refractivity contribution >= 4 is 5.91 Å². The summed E-state index contributed by atoms with van der Waals surface area (Å²) in [5.41, 5.74) is 2.49. The Morgan fingerprint density at radius 2 is 1.86 bits per heavy atom. The van der Waals surface area contributed by atoms with E-state index in [1.165, 1.54) is 11.1 Å². The number of hydrogen-bond acceptors (Lipinski definition) is 3. The standard InChI is InChI=1S/C17H24N2O2/c1-13-10-16(13)17(20)18-11-14-2-4-15(5-3-14)12-19-6-8-21-9-7-19/h2-5,13,16H,6-12H2,1H3,(H,18,20). The smallest absolute Gasteiger partial charge is 0.223 e. The van der Waals surface area contributed by atoms with Crippen LogP contribution in [0.1, 0.15) is 24.5 Å². The van der Waals surface area contributed by atoms with E-state index in [0.717, 1.165) is 39.3 Å². The molecule has 2 aliphatic rings. The van der Waals surface area contributed by atoms with Crippen LogP contribution in [-0.4, -0.2) is 37.1 Å². The number of ether oxygens (including phenoxy) is 1. The van der Waals surface area contributed by atoms with Crippen molar-refractivity contribution in [2.45, 2.75) is 26.4 Å². The van der Waals surface area contributed by atoms with Gasteiger partial charge in [-0.25, -0.2) is 0 Å². The summed E-state index contributed by atoms with van der Waals surface area (Å²) >= 11 is 0. The van der Waals surface area contributed by atoms with Gasteiger partial charge in [0.1, 0.15) is 0 Å². The average molecular weight is 288 g/mol. The van der Waals surface area contributed by atoms with Crippen molar-refractivity contribution in [1.29, 1.82) is 0 Å². The number of benzene rings is 1. The van der Waals surface area contributed by atoms with Gasteiger partial charge >= 0.3 is 0 Å². The molecule has 1 saturated heterocycles. The summed E-state index contributed by atoms with van der Waals surface area (Å²) < 4.78 is 5.36. The van der Waals surface area contributed by atoms with Gasteiger partial charge in [0.2, 0.25) is 5.91 Å². The minimum absolute atomic E-state index is 0.208. The first kappa shape index (κ1) is 14.5. The highest BCUT2D eigenvalue weighted by Gasteiger charge is 2.38. The Kier molecular flexibility index (Phi) is 4.56. The molecular weight excluding hydrogens is 264 g/mol. The van der Waals surface area contributed by atoms with Crippen molar-refractivity contribution < 1.29 is 9.53 Å². The van der Waals surface area contributed by atoms with E-state index in [1.54, 1.807) is 0 Å². The van der Waals surface area contributed by atoms with E-state index in [1.807, 2.05) is 0 Å². The largest absolute Gasteiger partial charge is 0.379 e. The number of hydrogen-bond donors (Lipinski definition) is 1. The maximum absolute atomic E-state index is 11.8. The lowest BCUT2D eigenvalue weighted by Crippen LogP contribution is -2.35. The van der Waals surface area contributed by atoms with Gasteiger partial charge in [-0.3, -0.25) is 9.69 Å². The number of carbonyl (C=O) groups excluding carboxylic acids is 1. The fourth-order valence-electron chi connectivity index (χ4n) is 2.79. The van der Waals surface area contributed by atoms with Crippen LogP contribution in [-0.2, 0) is 22.6 Å². The zero-order chi connectivity index (χ0) is 14.7. The lowest BCUT2D eigenvalue weighted by Gasteiger charge is -2.26. The summed E-state index contributed by atoms with van der Waals surface area (Å²) in [6.07, 6.45) is 1.05. The molecule has 21 heavy (non-hydrogen) atoms. The van der Waals surface area contributed by atoms with Crippen LogP contribution in [0.25, 0.3) is 0 Å². The van der Waals surface area contributed by atoms with Gasteiger partial charge in [0.15, 0.2) is 0 Å². The normalized spacial score (nSPS) is 25.6. The molecule has 1 N–H and O–H groups in total. The Morgan fingerprint density at radius 3 is 2.48 bits per heavy atom. The fraction of sp³-hybridized carbons (Fsp3) is 0.588. The van der Waals surface area contributed by atoms with Gasteiger partial charge in [-0.05, 0) is 23.5 Å². The molecule has 4 heteroatoms. The molecule has 1 aromatic carbocycles. The molecule has 114 valence electrons. The number of morpholine rings is 1. The van der Waals surface area contributed by atoms with E-state index in [2.05, 4.69) is 41.4 Å². The molecule has 2 fully saturated rings. The molecule has 2 unspecified atom stereocenters. The lowest BCUT2D eigenvalue weighted by atomic mass is 10.1. The topological polar surface area (TPSA) is 41.6 Å². The van der Waals surface area contributed by atoms with E-state index in [-0.39, 0.29) is 11.8 Å². The monoisotopic (exact) mass is 288 g/mol. The third kappa shape index (κ3) is 4.05. The summed E-state index contributed by atoms with van der Waals surface area (Å²) in [6, 6.07) is 8.56. The van der Waals surface area contributed by atoms with Crippen LogP contribution in [0.5, 0.6) is 0 Å². The molecule has 1 aliphatic carbocycles. The van der Waals surface area contributed by atoms with E-state index in [4.69, 9.17) is 4.74 Å².